The van der Waals surface area contributed by atoms with Crippen molar-refractivity contribution in [1.82, 2.24) is 15.3 Å². The van der Waals surface area contributed by atoms with Crippen molar-refractivity contribution in [3.8, 4) is 0 Å². The van der Waals surface area contributed by atoms with E-state index in [1.807, 2.05) is 0 Å². The van der Waals surface area contributed by atoms with Gasteiger partial charge in [0.1, 0.15) is 5.69 Å². The summed E-state index contributed by atoms with van der Waals surface area (Å²) in [6, 6.07) is 5.20. The topological polar surface area (TPSA) is 66.9 Å². The number of rotatable bonds is 4. The van der Waals surface area contributed by atoms with Crippen LogP contribution < -0.4 is 10.6 Å². The van der Waals surface area contributed by atoms with Crippen LogP contribution in [-0.4, -0.2) is 21.9 Å². The van der Waals surface area contributed by atoms with Gasteiger partial charge >= 0.3 is 0 Å². The van der Waals surface area contributed by atoms with E-state index in [2.05, 4.69) is 20.6 Å². The molecule has 0 aliphatic heterocycles. The summed E-state index contributed by atoms with van der Waals surface area (Å²) in [6.45, 7) is 1.75. The second-order valence-electron chi connectivity index (χ2n) is 6.28. The first-order valence-corrected chi connectivity index (χ1v) is 8.40. The van der Waals surface area contributed by atoms with Gasteiger partial charge in [0.15, 0.2) is 11.6 Å². The second kappa shape index (κ2) is 7.55. The zero-order valence-corrected chi connectivity index (χ0v) is 14.0. The minimum Gasteiger partial charge on any atom is -0.348 e. The molecule has 0 bridgehead atoms. The number of carbonyl (C=O) groups excluding carboxylic acids is 1. The molecule has 0 unspecified atom stereocenters. The van der Waals surface area contributed by atoms with Crippen LogP contribution in [0.2, 0.25) is 0 Å². The molecule has 1 fully saturated rings. The first-order chi connectivity index (χ1) is 12.0. The second-order valence-corrected chi connectivity index (χ2v) is 6.28. The van der Waals surface area contributed by atoms with E-state index in [4.69, 9.17) is 0 Å². The fourth-order valence-corrected chi connectivity index (χ4v) is 2.95. The molecule has 3 rings (SSSR count). The Hall–Kier alpha value is -2.57. The van der Waals surface area contributed by atoms with Crippen molar-refractivity contribution in [3.05, 3.63) is 47.3 Å². The molecule has 0 atom stereocenters. The van der Waals surface area contributed by atoms with Crippen molar-refractivity contribution in [2.24, 2.45) is 0 Å². The van der Waals surface area contributed by atoms with Crippen LogP contribution in [0.25, 0.3) is 0 Å². The van der Waals surface area contributed by atoms with Gasteiger partial charge in [0.2, 0.25) is 5.95 Å². The minimum absolute atomic E-state index is 0.166. The van der Waals surface area contributed by atoms with Crippen LogP contribution in [-0.2, 0) is 0 Å². The number of nitrogens with one attached hydrogen (secondary N) is 2. The highest BCUT2D eigenvalue weighted by Gasteiger charge is 2.18. The van der Waals surface area contributed by atoms with E-state index in [-0.39, 0.29) is 23.6 Å². The largest absolute Gasteiger partial charge is 0.348 e. The van der Waals surface area contributed by atoms with Gasteiger partial charge in [-0.3, -0.25) is 4.79 Å². The molecule has 1 aliphatic carbocycles. The van der Waals surface area contributed by atoms with Crippen molar-refractivity contribution >= 4 is 17.5 Å². The molecule has 2 aromatic rings. The summed E-state index contributed by atoms with van der Waals surface area (Å²) in [5.74, 6) is -1.97. The summed E-state index contributed by atoms with van der Waals surface area (Å²) in [6.07, 6.45) is 5.42. The molecule has 1 aromatic heterocycles. The molecule has 0 saturated heterocycles. The van der Waals surface area contributed by atoms with Gasteiger partial charge in [0.25, 0.3) is 5.91 Å². The van der Waals surface area contributed by atoms with E-state index in [1.165, 1.54) is 12.5 Å². The van der Waals surface area contributed by atoms with E-state index in [1.54, 1.807) is 13.0 Å². The summed E-state index contributed by atoms with van der Waals surface area (Å²) in [5.41, 5.74) is 1.17. The van der Waals surface area contributed by atoms with Crippen LogP contribution in [0.5, 0.6) is 0 Å². The smallest absolute Gasteiger partial charge is 0.270 e. The summed E-state index contributed by atoms with van der Waals surface area (Å²) in [7, 11) is 0. The number of anilines is 2. The lowest BCUT2D eigenvalue weighted by Gasteiger charge is -2.22. The molecule has 0 spiro atoms. The molecular formula is C18H20F2N4O. The average Bonchev–Trinajstić information content (AvgIpc) is 2.58. The first-order valence-electron chi connectivity index (χ1n) is 8.40. The fraction of sp³-hybridized carbons (Fsp3) is 0.389. The highest BCUT2D eigenvalue weighted by molar-refractivity contribution is 5.92. The van der Waals surface area contributed by atoms with Crippen LogP contribution in [0.1, 0.15) is 48.3 Å². The molecule has 1 aromatic carbocycles. The minimum atomic E-state index is -0.965. The Morgan fingerprint density at radius 3 is 2.56 bits per heavy atom. The number of aryl methyl sites for hydroxylation is 1. The molecule has 7 heteroatoms. The Labute approximate surface area is 144 Å². The molecule has 25 heavy (non-hydrogen) atoms. The normalized spacial score (nSPS) is 15.0. The third kappa shape index (κ3) is 4.49. The van der Waals surface area contributed by atoms with Gasteiger partial charge in [-0.1, -0.05) is 19.3 Å². The summed E-state index contributed by atoms with van der Waals surface area (Å²) < 4.78 is 26.3. The van der Waals surface area contributed by atoms with Crippen LogP contribution in [0.4, 0.5) is 20.4 Å². The van der Waals surface area contributed by atoms with Gasteiger partial charge in [0.05, 0.1) is 0 Å². The highest BCUT2D eigenvalue weighted by atomic mass is 19.2. The average molecular weight is 346 g/mol. The van der Waals surface area contributed by atoms with Crippen molar-refractivity contribution in [2.45, 2.75) is 45.1 Å². The van der Waals surface area contributed by atoms with E-state index in [0.29, 0.717) is 11.4 Å². The predicted octanol–water partition coefficient (Wildman–Crippen LogP) is 3.87. The summed E-state index contributed by atoms with van der Waals surface area (Å²) >= 11 is 0. The number of hydrogen-bond donors (Lipinski definition) is 2. The van der Waals surface area contributed by atoms with Crippen LogP contribution in [0, 0.1) is 18.6 Å². The van der Waals surface area contributed by atoms with Crippen LogP contribution in [0.3, 0.4) is 0 Å². The van der Waals surface area contributed by atoms with Crippen molar-refractivity contribution in [1.29, 1.82) is 0 Å². The van der Waals surface area contributed by atoms with E-state index >= 15 is 0 Å². The number of benzene rings is 1. The fourth-order valence-electron chi connectivity index (χ4n) is 2.95. The SMILES string of the molecule is Cc1cc(C(=O)NC2CCCCC2)nc(Nc2ccc(F)c(F)c2)n1. The quantitative estimate of drug-likeness (QED) is 0.882. The highest BCUT2D eigenvalue weighted by Crippen LogP contribution is 2.19. The van der Waals surface area contributed by atoms with E-state index in [0.717, 1.165) is 37.8 Å². The summed E-state index contributed by atoms with van der Waals surface area (Å²) in [4.78, 5) is 20.8. The molecule has 132 valence electrons. The lowest BCUT2D eigenvalue weighted by Crippen LogP contribution is -2.36. The molecule has 0 radical (unpaired) electrons. The number of nitrogens with zero attached hydrogens (tertiary/aromatic N) is 2. The van der Waals surface area contributed by atoms with Crippen molar-refractivity contribution in [2.75, 3.05) is 5.32 Å². The maximum atomic E-state index is 13.3. The molecular weight excluding hydrogens is 326 g/mol. The van der Waals surface area contributed by atoms with Crippen LogP contribution >= 0.6 is 0 Å². The third-order valence-electron chi connectivity index (χ3n) is 4.20. The Kier molecular flexibility index (Phi) is 5.21. The van der Waals surface area contributed by atoms with Crippen LogP contribution in [0.15, 0.2) is 24.3 Å². The lowest BCUT2D eigenvalue weighted by molar-refractivity contribution is 0.0922. The molecule has 1 heterocycles. The van der Waals surface area contributed by atoms with Gasteiger partial charge in [-0.15, -0.1) is 0 Å². The third-order valence-corrected chi connectivity index (χ3v) is 4.20. The maximum absolute atomic E-state index is 13.3. The van der Waals surface area contributed by atoms with E-state index in [9.17, 15) is 13.6 Å². The number of hydrogen-bond acceptors (Lipinski definition) is 4. The van der Waals surface area contributed by atoms with Gasteiger partial charge in [0, 0.05) is 23.5 Å². The van der Waals surface area contributed by atoms with Gasteiger partial charge in [-0.25, -0.2) is 18.7 Å². The Morgan fingerprint density at radius 2 is 1.84 bits per heavy atom. The molecule has 5 nitrogen and oxygen atoms in total. The Balaban J connectivity index is 1.75. The molecule has 1 aliphatic rings. The van der Waals surface area contributed by atoms with E-state index < -0.39 is 11.6 Å². The van der Waals surface area contributed by atoms with Gasteiger partial charge < -0.3 is 10.6 Å². The standard InChI is InChI=1S/C18H20F2N4O/c1-11-9-16(17(25)22-12-5-3-2-4-6-12)24-18(21-11)23-13-7-8-14(19)15(20)10-13/h7-10,12H,2-6H2,1H3,(H,22,25)(H,21,23,24). The zero-order valence-electron chi connectivity index (χ0n) is 14.0. The van der Waals surface area contributed by atoms with Gasteiger partial charge in [-0.05, 0) is 38.0 Å². The summed E-state index contributed by atoms with van der Waals surface area (Å²) in [5, 5.41) is 5.81. The number of halogens is 2. The molecule has 2 N–H and O–H groups in total. The van der Waals surface area contributed by atoms with Gasteiger partial charge in [-0.2, -0.15) is 0 Å². The molecule has 1 saturated carbocycles. The maximum Gasteiger partial charge on any atom is 0.270 e. The Morgan fingerprint density at radius 1 is 1.08 bits per heavy atom. The predicted molar refractivity (Wildman–Crippen MR) is 90.7 cm³/mol. The van der Waals surface area contributed by atoms with Crippen molar-refractivity contribution in [3.63, 3.8) is 0 Å². The monoisotopic (exact) mass is 346 g/mol. The Bertz CT molecular complexity index is 776. The number of amides is 1. The van der Waals surface area contributed by atoms with Crippen molar-refractivity contribution < 1.29 is 13.6 Å². The molecule has 1 amide bonds. The number of aromatic nitrogens is 2. The first kappa shape index (κ1) is 17.3. The lowest BCUT2D eigenvalue weighted by atomic mass is 9.95. The zero-order chi connectivity index (χ0) is 17.8. The number of carbonyl (C=O) groups is 1.